The molecule has 0 spiro atoms. The predicted octanol–water partition coefficient (Wildman–Crippen LogP) is 10.0. The van der Waals surface area contributed by atoms with Crippen LogP contribution in [0.1, 0.15) is 67.1 Å². The summed E-state index contributed by atoms with van der Waals surface area (Å²) < 4.78 is 33.7. The molecule has 0 fully saturated rings. The summed E-state index contributed by atoms with van der Waals surface area (Å²) in [6.45, 7) is 8.26. The van der Waals surface area contributed by atoms with Crippen LogP contribution in [-0.2, 0) is 23.1 Å². The lowest BCUT2D eigenvalue weighted by Gasteiger charge is -2.28. The van der Waals surface area contributed by atoms with Gasteiger partial charge < -0.3 is 9.45 Å². The number of anilines is 1. The second-order valence-corrected chi connectivity index (χ2v) is 16.6. The fourth-order valence-corrected chi connectivity index (χ4v) is 10.1. The van der Waals surface area contributed by atoms with Gasteiger partial charge in [0.25, 0.3) is 5.01 Å². The van der Waals surface area contributed by atoms with Crippen molar-refractivity contribution in [3.63, 3.8) is 0 Å². The van der Waals surface area contributed by atoms with Crippen LogP contribution in [0.25, 0.3) is 12.2 Å². The number of hydrogen-bond acceptors (Lipinski definition) is 6. The summed E-state index contributed by atoms with van der Waals surface area (Å²) in [5.74, 6) is 0.690. The van der Waals surface area contributed by atoms with Gasteiger partial charge in [-0.15, -0.1) is 0 Å². The van der Waals surface area contributed by atoms with E-state index < -0.39 is 10.1 Å². The van der Waals surface area contributed by atoms with E-state index in [0.29, 0.717) is 5.92 Å². The van der Waals surface area contributed by atoms with Gasteiger partial charge in [-0.05, 0) is 118 Å². The summed E-state index contributed by atoms with van der Waals surface area (Å²) in [6, 6.07) is 12.0. The van der Waals surface area contributed by atoms with Crippen molar-refractivity contribution < 1.29 is 17.5 Å². The Morgan fingerprint density at radius 2 is 1.74 bits per heavy atom. The van der Waals surface area contributed by atoms with E-state index in [1.54, 1.807) is 12.1 Å². The fraction of sp³-hybridized carbons (Fsp3) is 0.324. The zero-order valence-corrected chi connectivity index (χ0v) is 30.7. The molecule has 5 nitrogen and oxygen atoms in total. The minimum Gasteiger partial charge on any atom is -0.744 e. The first-order valence-corrected chi connectivity index (χ1v) is 19.9. The van der Waals surface area contributed by atoms with Crippen LogP contribution < -0.4 is 9.47 Å². The van der Waals surface area contributed by atoms with E-state index in [1.807, 2.05) is 36.1 Å². The number of allylic oxidation sites excluding steroid dienone is 7. The van der Waals surface area contributed by atoms with Crippen molar-refractivity contribution >= 4 is 74.3 Å². The van der Waals surface area contributed by atoms with E-state index in [9.17, 15) is 13.0 Å². The van der Waals surface area contributed by atoms with Crippen molar-refractivity contribution in [1.29, 1.82) is 0 Å². The average Bonchev–Trinajstić information content (AvgIpc) is 3.56. The zero-order chi connectivity index (χ0) is 33.3. The van der Waals surface area contributed by atoms with Crippen LogP contribution in [0.2, 0.25) is 5.02 Å². The molecular weight excluding hydrogens is 688 g/mol. The predicted molar refractivity (Wildman–Crippen MR) is 196 cm³/mol. The van der Waals surface area contributed by atoms with Crippen LogP contribution in [0.4, 0.5) is 5.69 Å². The molecular formula is C37H38Cl2N2O3S3. The molecule has 0 bridgehead atoms. The molecule has 246 valence electrons. The van der Waals surface area contributed by atoms with Gasteiger partial charge in [-0.25, -0.2) is 8.42 Å². The van der Waals surface area contributed by atoms with Gasteiger partial charge in [-0.2, -0.15) is 4.57 Å². The highest BCUT2D eigenvalue weighted by Crippen LogP contribution is 2.48. The molecule has 1 atom stereocenters. The number of thioether (sulfide) groups is 1. The Labute approximate surface area is 296 Å². The number of aryl methyl sites for hydroxylation is 1. The Hall–Kier alpha value is -2.59. The van der Waals surface area contributed by atoms with Crippen molar-refractivity contribution in [2.75, 3.05) is 11.4 Å². The van der Waals surface area contributed by atoms with Gasteiger partial charge in [0.15, 0.2) is 5.69 Å². The maximum absolute atomic E-state index is 10.4. The molecule has 0 radical (unpaired) electrons. The lowest BCUT2D eigenvalue weighted by Crippen LogP contribution is -2.38. The minimum atomic E-state index is -4.27. The number of thiazole rings is 1. The molecule has 1 aromatic heterocycles. The molecule has 0 saturated heterocycles. The van der Waals surface area contributed by atoms with Crippen LogP contribution in [0, 0.1) is 12.8 Å². The van der Waals surface area contributed by atoms with Gasteiger partial charge in [0.1, 0.15) is 21.5 Å². The smallest absolute Gasteiger partial charge is 0.262 e. The number of benzene rings is 2. The van der Waals surface area contributed by atoms with Gasteiger partial charge in [-0.1, -0.05) is 76.1 Å². The van der Waals surface area contributed by atoms with Gasteiger partial charge in [0.05, 0.1) is 15.6 Å². The molecule has 10 heteroatoms. The first-order chi connectivity index (χ1) is 22.5. The summed E-state index contributed by atoms with van der Waals surface area (Å²) in [5.41, 5.74) is 8.04. The Balaban J connectivity index is 0.000000300. The third kappa shape index (κ3) is 7.85. The SMILES string of the molecule is CCN1/C(=C\C2=CC3=C/C(=C\c4sc5c([n+]4CC)CCC(Cl)=C5)CCC3CC2)Sc2cc(Cl)ccc21.Cc1ccc(S(=O)(=O)[O-])cc1. The molecule has 0 saturated carbocycles. The van der Waals surface area contributed by atoms with Crippen molar-refractivity contribution in [3.05, 3.63) is 114 Å². The number of halogens is 2. The van der Waals surface area contributed by atoms with Crippen LogP contribution in [0.3, 0.4) is 0 Å². The highest BCUT2D eigenvalue weighted by molar-refractivity contribution is 8.03. The van der Waals surface area contributed by atoms with Crippen molar-refractivity contribution in [1.82, 2.24) is 0 Å². The van der Waals surface area contributed by atoms with Crippen molar-refractivity contribution in [2.24, 2.45) is 5.92 Å². The van der Waals surface area contributed by atoms with Crippen LogP contribution in [-0.4, -0.2) is 19.5 Å². The lowest BCUT2D eigenvalue weighted by atomic mass is 9.77. The van der Waals surface area contributed by atoms with E-state index in [1.165, 1.54) is 72.9 Å². The van der Waals surface area contributed by atoms with Crippen molar-refractivity contribution in [2.45, 2.75) is 75.6 Å². The maximum Gasteiger partial charge on any atom is 0.262 e. The Morgan fingerprint density at radius 1 is 0.979 bits per heavy atom. The van der Waals surface area contributed by atoms with E-state index >= 15 is 0 Å². The topological polar surface area (TPSA) is 64.3 Å². The maximum atomic E-state index is 10.4. The number of nitrogens with zero attached hydrogens (tertiary/aromatic N) is 2. The third-order valence-electron chi connectivity index (χ3n) is 8.97. The molecule has 2 aromatic carbocycles. The molecule has 0 amide bonds. The molecule has 0 N–H and O–H groups in total. The zero-order valence-electron chi connectivity index (χ0n) is 26.8. The standard InChI is InChI=1S/C30H31Cl2N2S2.C7H8O3S/c1-3-33-25-11-9-23(31)17-27(25)35-29(33)15-19-5-7-21-8-6-20(14-22(21)13-19)16-30-34(4-2)26-12-10-24(32)18-28(26)36-30;1-6-2-4-7(5-3-6)11(8,9)10/h9,11,13-18,21H,3-8,10,12H2,1-2H3;2-5H,1H3,(H,8,9,10)/q+1;/p-1. The largest absolute Gasteiger partial charge is 0.744 e. The summed E-state index contributed by atoms with van der Waals surface area (Å²) in [4.78, 5) is 4.82. The van der Waals surface area contributed by atoms with Gasteiger partial charge in [0.2, 0.25) is 0 Å². The van der Waals surface area contributed by atoms with Gasteiger partial charge in [0, 0.05) is 34.0 Å². The van der Waals surface area contributed by atoms with Crippen LogP contribution in [0.15, 0.2) is 97.3 Å². The fourth-order valence-electron chi connectivity index (χ4n) is 6.54. The first kappa shape index (κ1) is 34.3. The van der Waals surface area contributed by atoms with E-state index in [0.717, 1.165) is 54.4 Å². The Bertz CT molecular complexity index is 1950. The molecule has 47 heavy (non-hydrogen) atoms. The highest BCUT2D eigenvalue weighted by atomic mass is 35.5. The van der Waals surface area contributed by atoms with Crippen LogP contribution in [0.5, 0.6) is 0 Å². The molecule has 3 aliphatic carbocycles. The molecule has 1 unspecified atom stereocenters. The molecule has 3 aromatic rings. The molecule has 7 rings (SSSR count). The van der Waals surface area contributed by atoms with Gasteiger partial charge >= 0.3 is 0 Å². The summed E-state index contributed by atoms with van der Waals surface area (Å²) in [6.07, 6.45) is 18.8. The average molecular weight is 726 g/mol. The van der Waals surface area contributed by atoms with Crippen molar-refractivity contribution in [3.8, 4) is 0 Å². The third-order valence-corrected chi connectivity index (χ3v) is 12.6. The number of rotatable bonds is 5. The highest BCUT2D eigenvalue weighted by Gasteiger charge is 2.29. The Kier molecular flexibility index (Phi) is 10.6. The monoisotopic (exact) mass is 724 g/mol. The quantitative estimate of drug-likeness (QED) is 0.194. The molecule has 2 heterocycles. The van der Waals surface area contributed by atoms with Gasteiger partial charge in [-0.3, -0.25) is 0 Å². The first-order valence-electron chi connectivity index (χ1n) is 16.1. The minimum absolute atomic E-state index is 0.178. The van der Waals surface area contributed by atoms with E-state index in [2.05, 4.69) is 65.8 Å². The normalized spacial score (nSPS) is 20.5. The lowest BCUT2D eigenvalue weighted by molar-refractivity contribution is -0.697. The number of aromatic nitrogens is 1. The molecule has 4 aliphatic rings. The summed E-state index contributed by atoms with van der Waals surface area (Å²) in [7, 11) is -4.27. The summed E-state index contributed by atoms with van der Waals surface area (Å²) >= 11 is 16.4. The van der Waals surface area contributed by atoms with E-state index in [4.69, 9.17) is 23.2 Å². The number of hydrogen-bond donors (Lipinski definition) is 0. The van der Waals surface area contributed by atoms with E-state index in [-0.39, 0.29) is 4.90 Å². The Morgan fingerprint density at radius 3 is 2.47 bits per heavy atom. The number of fused-ring (bicyclic) bond motifs is 3. The second kappa shape index (κ2) is 14.5. The second-order valence-electron chi connectivity index (χ2n) is 12.2. The van der Waals surface area contributed by atoms with Crippen LogP contribution >= 0.6 is 46.3 Å². The summed E-state index contributed by atoms with van der Waals surface area (Å²) in [5, 5.41) is 4.46. The molecule has 1 aliphatic heterocycles.